The molecule has 3 N–H and O–H groups in total. The summed E-state index contributed by atoms with van der Waals surface area (Å²) >= 11 is 0. The fraction of sp³-hybridized carbons (Fsp3) is 1.00. The Morgan fingerprint density at radius 2 is 2.21 bits per heavy atom. The van der Waals surface area contributed by atoms with Crippen LogP contribution in [0.4, 0.5) is 4.39 Å². The molecule has 0 bridgehead atoms. The van der Waals surface area contributed by atoms with Crippen LogP contribution in [0.2, 0.25) is 0 Å². The zero-order chi connectivity index (χ0) is 10.2. The van der Waals surface area contributed by atoms with Crippen molar-refractivity contribution in [2.45, 2.75) is 56.8 Å². The Morgan fingerprint density at radius 1 is 1.43 bits per heavy atom. The van der Waals surface area contributed by atoms with E-state index in [1.807, 2.05) is 0 Å². The van der Waals surface area contributed by atoms with Crippen molar-refractivity contribution in [2.24, 2.45) is 11.7 Å². The van der Waals surface area contributed by atoms with Crippen molar-refractivity contribution in [3.8, 4) is 0 Å². The van der Waals surface area contributed by atoms with E-state index in [2.05, 4.69) is 12.2 Å². The third kappa shape index (κ3) is 1.94. The third-order valence-electron chi connectivity index (χ3n) is 3.82. The van der Waals surface area contributed by atoms with Crippen molar-refractivity contribution in [2.75, 3.05) is 6.54 Å². The minimum absolute atomic E-state index is 0.0554. The van der Waals surface area contributed by atoms with Crippen molar-refractivity contribution in [3.05, 3.63) is 0 Å². The van der Waals surface area contributed by atoms with Gasteiger partial charge in [-0.05, 0) is 44.6 Å². The van der Waals surface area contributed by atoms with Crippen molar-refractivity contribution in [3.63, 3.8) is 0 Å². The van der Waals surface area contributed by atoms with Crippen LogP contribution in [0, 0.1) is 5.92 Å². The summed E-state index contributed by atoms with van der Waals surface area (Å²) < 4.78 is 14.5. The lowest BCUT2D eigenvalue weighted by atomic mass is 9.83. The molecule has 1 saturated heterocycles. The number of nitrogens with one attached hydrogen (secondary N) is 1. The Balaban J connectivity index is 1.99. The summed E-state index contributed by atoms with van der Waals surface area (Å²) in [6.45, 7) is 3.18. The van der Waals surface area contributed by atoms with Crippen LogP contribution in [0.1, 0.15) is 39.0 Å². The standard InChI is InChI=1S/C11H21FN2/c1-8-3-5-14-10(6-8)11(12)4-2-9(13)7-11/h8-10,14H,2-7,13H2,1H3. The molecule has 0 radical (unpaired) electrons. The van der Waals surface area contributed by atoms with Gasteiger partial charge in [0.2, 0.25) is 0 Å². The van der Waals surface area contributed by atoms with Crippen LogP contribution in [-0.4, -0.2) is 24.3 Å². The Labute approximate surface area is 85.4 Å². The minimum Gasteiger partial charge on any atom is -0.328 e. The van der Waals surface area contributed by atoms with E-state index in [0.29, 0.717) is 18.8 Å². The molecule has 3 heteroatoms. The molecule has 1 aliphatic carbocycles. The highest BCUT2D eigenvalue weighted by Gasteiger charge is 2.45. The normalized spacial score (nSPS) is 49.5. The van der Waals surface area contributed by atoms with Crippen LogP contribution in [0.25, 0.3) is 0 Å². The lowest BCUT2D eigenvalue weighted by Crippen LogP contribution is -2.51. The van der Waals surface area contributed by atoms with E-state index < -0.39 is 5.67 Å². The van der Waals surface area contributed by atoms with Crippen LogP contribution in [0.3, 0.4) is 0 Å². The highest BCUT2D eigenvalue weighted by Crippen LogP contribution is 2.39. The molecule has 0 amide bonds. The molecule has 0 spiro atoms. The topological polar surface area (TPSA) is 38.0 Å². The van der Waals surface area contributed by atoms with Crippen molar-refractivity contribution in [1.29, 1.82) is 0 Å². The maximum atomic E-state index is 14.5. The van der Waals surface area contributed by atoms with Gasteiger partial charge in [0.15, 0.2) is 0 Å². The van der Waals surface area contributed by atoms with Gasteiger partial charge < -0.3 is 11.1 Å². The smallest absolute Gasteiger partial charge is 0.127 e. The number of alkyl halides is 1. The number of hydrogen-bond donors (Lipinski definition) is 2. The van der Waals surface area contributed by atoms with Gasteiger partial charge in [0, 0.05) is 12.1 Å². The van der Waals surface area contributed by atoms with Crippen LogP contribution < -0.4 is 11.1 Å². The predicted molar refractivity (Wildman–Crippen MR) is 55.9 cm³/mol. The van der Waals surface area contributed by atoms with E-state index in [0.717, 1.165) is 19.4 Å². The molecule has 2 aliphatic rings. The summed E-state index contributed by atoms with van der Waals surface area (Å²) in [7, 11) is 0. The third-order valence-corrected chi connectivity index (χ3v) is 3.82. The molecule has 82 valence electrons. The maximum absolute atomic E-state index is 14.5. The lowest BCUT2D eigenvalue weighted by Gasteiger charge is -2.36. The first-order valence-corrected chi connectivity index (χ1v) is 5.78. The van der Waals surface area contributed by atoms with Gasteiger partial charge in [-0.2, -0.15) is 0 Å². The summed E-state index contributed by atoms with van der Waals surface area (Å²) in [6.07, 6.45) is 4.21. The number of rotatable bonds is 1. The molecule has 4 atom stereocenters. The van der Waals surface area contributed by atoms with Gasteiger partial charge in [-0.25, -0.2) is 4.39 Å². The van der Waals surface area contributed by atoms with Gasteiger partial charge in [0.25, 0.3) is 0 Å². The summed E-state index contributed by atoms with van der Waals surface area (Å²) in [5.74, 6) is 0.658. The SMILES string of the molecule is CC1CCNC(C2(F)CCC(N)C2)C1. The number of piperidine rings is 1. The zero-order valence-corrected chi connectivity index (χ0v) is 8.93. The van der Waals surface area contributed by atoms with Crippen LogP contribution in [0.15, 0.2) is 0 Å². The van der Waals surface area contributed by atoms with E-state index in [4.69, 9.17) is 5.73 Å². The number of hydrogen-bond acceptors (Lipinski definition) is 2. The second-order valence-corrected chi connectivity index (χ2v) is 5.17. The molecule has 4 unspecified atom stereocenters. The Bertz CT molecular complexity index is 209. The molecule has 0 aromatic rings. The zero-order valence-electron chi connectivity index (χ0n) is 8.93. The molecule has 1 heterocycles. The molecule has 1 aliphatic heterocycles. The van der Waals surface area contributed by atoms with Gasteiger partial charge in [-0.3, -0.25) is 0 Å². The molecule has 1 saturated carbocycles. The van der Waals surface area contributed by atoms with E-state index in [9.17, 15) is 4.39 Å². The van der Waals surface area contributed by atoms with E-state index in [1.165, 1.54) is 6.42 Å². The first-order valence-electron chi connectivity index (χ1n) is 5.78. The molecular formula is C11H21FN2. The van der Waals surface area contributed by atoms with E-state index in [1.54, 1.807) is 0 Å². The van der Waals surface area contributed by atoms with Gasteiger partial charge in [0.1, 0.15) is 5.67 Å². The van der Waals surface area contributed by atoms with Crippen LogP contribution >= 0.6 is 0 Å². The summed E-state index contributed by atoms with van der Waals surface area (Å²) in [6, 6.07) is 0.138. The molecule has 14 heavy (non-hydrogen) atoms. The van der Waals surface area contributed by atoms with Gasteiger partial charge in [0.05, 0.1) is 0 Å². The minimum atomic E-state index is -1.02. The molecule has 2 rings (SSSR count). The van der Waals surface area contributed by atoms with Gasteiger partial charge >= 0.3 is 0 Å². The average molecular weight is 200 g/mol. The fourth-order valence-electron chi connectivity index (χ4n) is 2.88. The first-order chi connectivity index (χ1) is 6.60. The molecule has 0 aromatic heterocycles. The highest BCUT2D eigenvalue weighted by molar-refractivity contribution is 5.01. The number of nitrogens with two attached hydrogens (primary N) is 1. The second-order valence-electron chi connectivity index (χ2n) is 5.17. The molecule has 2 fully saturated rings. The maximum Gasteiger partial charge on any atom is 0.127 e. The monoisotopic (exact) mass is 200 g/mol. The molecular weight excluding hydrogens is 179 g/mol. The highest BCUT2D eigenvalue weighted by atomic mass is 19.1. The first kappa shape index (κ1) is 10.4. The van der Waals surface area contributed by atoms with Gasteiger partial charge in [-0.15, -0.1) is 0 Å². The summed E-state index contributed by atoms with van der Waals surface area (Å²) in [4.78, 5) is 0. The summed E-state index contributed by atoms with van der Waals surface area (Å²) in [5.41, 5.74) is 4.76. The van der Waals surface area contributed by atoms with Crippen molar-refractivity contribution in [1.82, 2.24) is 5.32 Å². The Kier molecular flexibility index (Phi) is 2.80. The number of halogens is 1. The van der Waals surface area contributed by atoms with Crippen molar-refractivity contribution >= 4 is 0 Å². The summed E-state index contributed by atoms with van der Waals surface area (Å²) in [5, 5.41) is 3.32. The Hall–Kier alpha value is -0.150. The Morgan fingerprint density at radius 3 is 2.79 bits per heavy atom. The van der Waals surface area contributed by atoms with Gasteiger partial charge in [-0.1, -0.05) is 6.92 Å². The van der Waals surface area contributed by atoms with Crippen LogP contribution in [-0.2, 0) is 0 Å². The average Bonchev–Trinajstić information content (AvgIpc) is 2.48. The van der Waals surface area contributed by atoms with Crippen LogP contribution in [0.5, 0.6) is 0 Å². The van der Waals surface area contributed by atoms with E-state index in [-0.39, 0.29) is 12.1 Å². The quantitative estimate of drug-likeness (QED) is 0.674. The van der Waals surface area contributed by atoms with Crippen molar-refractivity contribution < 1.29 is 4.39 Å². The fourth-order valence-corrected chi connectivity index (χ4v) is 2.88. The predicted octanol–water partition coefficient (Wildman–Crippen LogP) is 1.59. The van der Waals surface area contributed by atoms with E-state index >= 15 is 0 Å². The largest absolute Gasteiger partial charge is 0.328 e. The molecule has 2 nitrogen and oxygen atoms in total. The second kappa shape index (κ2) is 3.78. The molecule has 0 aromatic carbocycles. The lowest BCUT2D eigenvalue weighted by molar-refractivity contribution is 0.0816.